The quantitative estimate of drug-likeness (QED) is 0.874. The average Bonchev–Trinajstić information content (AvgIpc) is 2.38. The Balaban J connectivity index is 2.23. The maximum absolute atomic E-state index is 11.8. The second-order valence-electron chi connectivity index (χ2n) is 4.51. The van der Waals surface area contributed by atoms with Crippen molar-refractivity contribution in [3.63, 3.8) is 0 Å². The van der Waals surface area contributed by atoms with Crippen LogP contribution in [0.4, 0.5) is 0 Å². The van der Waals surface area contributed by atoms with Crippen LogP contribution in [0.25, 0.3) is 0 Å². The van der Waals surface area contributed by atoms with Gasteiger partial charge in [-0.1, -0.05) is 24.6 Å². The zero-order valence-corrected chi connectivity index (χ0v) is 10.1. The van der Waals surface area contributed by atoms with Gasteiger partial charge in [-0.2, -0.15) is 0 Å². The van der Waals surface area contributed by atoms with Gasteiger partial charge >= 0.3 is 0 Å². The molecule has 0 heterocycles. The van der Waals surface area contributed by atoms with Crippen LogP contribution in [0.5, 0.6) is 5.75 Å². The van der Waals surface area contributed by atoms with E-state index in [1.54, 1.807) is 7.11 Å². The molecule has 0 aromatic heterocycles. The number of aliphatic hydroxyl groups excluding tert-OH is 1. The highest BCUT2D eigenvalue weighted by Gasteiger charge is 2.31. The number of ether oxygens (including phenoxy) is 1. The standard InChI is InChI=1S/C14H18O3/c1-17-13-9-5-3-7-11(13)14(16)10-6-2-4-8-12(10)15/h3,5,7,9-10,14,16H,2,4,6,8H2,1H3. The number of ketones is 1. The highest BCUT2D eigenvalue weighted by molar-refractivity contribution is 5.82. The molecule has 0 radical (unpaired) electrons. The van der Waals surface area contributed by atoms with Crippen molar-refractivity contribution in [2.24, 2.45) is 5.92 Å². The Morgan fingerprint density at radius 1 is 1.35 bits per heavy atom. The summed E-state index contributed by atoms with van der Waals surface area (Å²) >= 11 is 0. The zero-order valence-electron chi connectivity index (χ0n) is 10.1. The van der Waals surface area contributed by atoms with E-state index in [0.717, 1.165) is 24.8 Å². The van der Waals surface area contributed by atoms with Gasteiger partial charge < -0.3 is 9.84 Å². The Labute approximate surface area is 101 Å². The summed E-state index contributed by atoms with van der Waals surface area (Å²) in [5, 5.41) is 10.3. The second-order valence-corrected chi connectivity index (χ2v) is 4.51. The molecule has 2 rings (SSSR count). The summed E-state index contributed by atoms with van der Waals surface area (Å²) < 4.78 is 5.22. The molecule has 17 heavy (non-hydrogen) atoms. The predicted octanol–water partition coefficient (Wildman–Crippen LogP) is 2.49. The fourth-order valence-corrected chi connectivity index (χ4v) is 2.47. The van der Waals surface area contributed by atoms with E-state index < -0.39 is 6.10 Å². The summed E-state index contributed by atoms with van der Waals surface area (Å²) in [6.45, 7) is 0. The van der Waals surface area contributed by atoms with Crippen LogP contribution in [0.1, 0.15) is 37.4 Å². The van der Waals surface area contributed by atoms with Gasteiger partial charge in [0.25, 0.3) is 0 Å². The van der Waals surface area contributed by atoms with Crippen LogP contribution in [0.15, 0.2) is 24.3 Å². The van der Waals surface area contributed by atoms with Gasteiger partial charge in [0.1, 0.15) is 11.5 Å². The molecular weight excluding hydrogens is 216 g/mol. The van der Waals surface area contributed by atoms with Crippen molar-refractivity contribution < 1.29 is 14.6 Å². The van der Waals surface area contributed by atoms with Crippen LogP contribution in [0, 0.1) is 5.92 Å². The second kappa shape index (κ2) is 5.32. The number of aliphatic hydroxyl groups is 1. The fourth-order valence-electron chi connectivity index (χ4n) is 2.47. The third-order valence-corrected chi connectivity index (χ3v) is 3.44. The molecule has 0 aliphatic heterocycles. The number of Topliss-reactive ketones (excluding diaryl/α,β-unsaturated/α-hetero) is 1. The van der Waals surface area contributed by atoms with Crippen molar-refractivity contribution in [2.45, 2.75) is 31.8 Å². The minimum absolute atomic E-state index is 0.176. The van der Waals surface area contributed by atoms with Gasteiger partial charge in [-0.3, -0.25) is 4.79 Å². The molecule has 1 aromatic carbocycles. The number of para-hydroxylation sites is 1. The summed E-state index contributed by atoms with van der Waals surface area (Å²) in [7, 11) is 1.58. The molecule has 1 N–H and O–H groups in total. The van der Waals surface area contributed by atoms with Crippen molar-refractivity contribution in [1.82, 2.24) is 0 Å². The lowest BCUT2D eigenvalue weighted by Gasteiger charge is -2.26. The summed E-state index contributed by atoms with van der Waals surface area (Å²) in [4.78, 5) is 11.8. The Bertz CT molecular complexity index is 400. The Morgan fingerprint density at radius 2 is 2.12 bits per heavy atom. The minimum Gasteiger partial charge on any atom is -0.496 e. The lowest BCUT2D eigenvalue weighted by Crippen LogP contribution is -2.25. The average molecular weight is 234 g/mol. The lowest BCUT2D eigenvalue weighted by molar-refractivity contribution is -0.128. The van der Waals surface area contributed by atoms with Crippen LogP contribution in [-0.4, -0.2) is 18.0 Å². The fraction of sp³-hybridized carbons (Fsp3) is 0.500. The third-order valence-electron chi connectivity index (χ3n) is 3.44. The lowest BCUT2D eigenvalue weighted by atomic mass is 9.81. The Hall–Kier alpha value is -1.35. The predicted molar refractivity (Wildman–Crippen MR) is 64.9 cm³/mol. The number of carbonyl (C=O) groups is 1. The van der Waals surface area contributed by atoms with E-state index in [-0.39, 0.29) is 11.7 Å². The highest BCUT2D eigenvalue weighted by atomic mass is 16.5. The summed E-state index contributed by atoms with van der Waals surface area (Å²) in [5.74, 6) is 0.563. The molecule has 0 saturated heterocycles. The largest absolute Gasteiger partial charge is 0.496 e. The number of benzene rings is 1. The van der Waals surface area contributed by atoms with Crippen LogP contribution in [-0.2, 0) is 4.79 Å². The van der Waals surface area contributed by atoms with Gasteiger partial charge in [-0.15, -0.1) is 0 Å². The molecule has 1 fully saturated rings. The first-order valence-corrected chi connectivity index (χ1v) is 6.07. The molecule has 0 bridgehead atoms. The van der Waals surface area contributed by atoms with Crippen molar-refractivity contribution in [3.8, 4) is 5.75 Å². The molecule has 1 aromatic rings. The first-order valence-electron chi connectivity index (χ1n) is 6.07. The van der Waals surface area contributed by atoms with Crippen molar-refractivity contribution in [3.05, 3.63) is 29.8 Å². The molecule has 1 aliphatic rings. The van der Waals surface area contributed by atoms with E-state index >= 15 is 0 Å². The molecule has 1 saturated carbocycles. The Morgan fingerprint density at radius 3 is 2.82 bits per heavy atom. The molecule has 3 nitrogen and oxygen atoms in total. The van der Waals surface area contributed by atoms with Gasteiger partial charge in [-0.05, 0) is 18.9 Å². The molecule has 2 unspecified atom stereocenters. The van der Waals surface area contributed by atoms with E-state index in [1.807, 2.05) is 24.3 Å². The minimum atomic E-state index is -0.737. The number of rotatable bonds is 3. The van der Waals surface area contributed by atoms with Gasteiger partial charge in [-0.25, -0.2) is 0 Å². The SMILES string of the molecule is COc1ccccc1C(O)C1CCCCC1=O. The number of hydrogen-bond acceptors (Lipinski definition) is 3. The highest BCUT2D eigenvalue weighted by Crippen LogP contribution is 2.35. The van der Waals surface area contributed by atoms with Crippen LogP contribution in [0.2, 0.25) is 0 Å². The molecule has 0 spiro atoms. The van der Waals surface area contributed by atoms with E-state index in [0.29, 0.717) is 12.2 Å². The normalized spacial score (nSPS) is 22.2. The number of carbonyl (C=O) groups excluding carboxylic acids is 1. The Kier molecular flexibility index (Phi) is 3.79. The molecule has 3 heteroatoms. The smallest absolute Gasteiger partial charge is 0.138 e. The summed E-state index contributed by atoms with van der Waals surface area (Å²) in [6.07, 6.45) is 2.60. The molecule has 92 valence electrons. The van der Waals surface area contributed by atoms with Crippen molar-refractivity contribution >= 4 is 5.78 Å². The van der Waals surface area contributed by atoms with E-state index in [2.05, 4.69) is 0 Å². The van der Waals surface area contributed by atoms with Crippen LogP contribution < -0.4 is 4.74 Å². The van der Waals surface area contributed by atoms with E-state index in [9.17, 15) is 9.90 Å². The van der Waals surface area contributed by atoms with Crippen molar-refractivity contribution in [2.75, 3.05) is 7.11 Å². The molecular formula is C14H18O3. The molecule has 0 amide bonds. The maximum Gasteiger partial charge on any atom is 0.138 e. The van der Waals surface area contributed by atoms with Gasteiger partial charge in [0, 0.05) is 17.9 Å². The van der Waals surface area contributed by atoms with E-state index in [4.69, 9.17) is 4.74 Å². The van der Waals surface area contributed by atoms with Crippen LogP contribution >= 0.6 is 0 Å². The zero-order chi connectivity index (χ0) is 12.3. The first kappa shape index (κ1) is 12.1. The molecule has 2 atom stereocenters. The van der Waals surface area contributed by atoms with E-state index in [1.165, 1.54) is 0 Å². The summed E-state index contributed by atoms with van der Waals surface area (Å²) in [6, 6.07) is 7.35. The van der Waals surface area contributed by atoms with Crippen LogP contribution in [0.3, 0.4) is 0 Å². The van der Waals surface area contributed by atoms with Gasteiger partial charge in [0.05, 0.1) is 13.2 Å². The third kappa shape index (κ3) is 2.50. The maximum atomic E-state index is 11.8. The first-order chi connectivity index (χ1) is 8.24. The topological polar surface area (TPSA) is 46.5 Å². The number of methoxy groups -OCH3 is 1. The van der Waals surface area contributed by atoms with Gasteiger partial charge in [0.15, 0.2) is 0 Å². The monoisotopic (exact) mass is 234 g/mol. The summed E-state index contributed by atoms with van der Waals surface area (Å²) in [5.41, 5.74) is 0.718. The number of hydrogen-bond donors (Lipinski definition) is 1. The van der Waals surface area contributed by atoms with Gasteiger partial charge in [0.2, 0.25) is 0 Å². The van der Waals surface area contributed by atoms with Crippen molar-refractivity contribution in [1.29, 1.82) is 0 Å². The molecule has 1 aliphatic carbocycles.